The molecule has 2 aromatic rings. The number of aryl methyl sites for hydroxylation is 1. The van der Waals surface area contributed by atoms with E-state index < -0.39 is 5.60 Å². The highest BCUT2D eigenvalue weighted by atomic mass is 16.3. The average Bonchev–Trinajstić information content (AvgIpc) is 2.75. The summed E-state index contributed by atoms with van der Waals surface area (Å²) in [4.78, 5) is 32.6. The van der Waals surface area contributed by atoms with Crippen molar-refractivity contribution in [3.05, 3.63) is 28.0 Å². The summed E-state index contributed by atoms with van der Waals surface area (Å²) >= 11 is 0. The van der Waals surface area contributed by atoms with Crippen LogP contribution in [0.5, 0.6) is 0 Å². The molecule has 0 aromatic carbocycles. The number of aromatic nitrogens is 2. The maximum Gasteiger partial charge on any atom is 0.262 e. The second kappa shape index (κ2) is 4.70. The number of aromatic amines is 1. The van der Waals surface area contributed by atoms with E-state index in [-0.39, 0.29) is 28.1 Å². The highest BCUT2D eigenvalue weighted by Crippen LogP contribution is 2.26. The molecule has 0 aliphatic carbocycles. The van der Waals surface area contributed by atoms with Crippen LogP contribution < -0.4 is 5.56 Å². The third-order valence-corrected chi connectivity index (χ3v) is 4.01. The SMILES string of the molecule is Cc1oc2nc[nH]c(=O)c2c1C(=O)N1CCC(C)(O)CC1. The predicted octanol–water partition coefficient (Wildman–Crippen LogP) is 0.812. The van der Waals surface area contributed by atoms with E-state index in [1.54, 1.807) is 18.7 Å². The maximum absolute atomic E-state index is 12.7. The molecule has 0 atom stereocenters. The standard InChI is InChI=1S/C14H17N3O4/c1-8-9(10-11(18)15-7-16-12(10)21-8)13(19)17-5-3-14(2,20)4-6-17/h7,20H,3-6H2,1-2H3,(H,15,16,18). The topological polar surface area (TPSA) is 99.4 Å². The third kappa shape index (κ3) is 2.33. The first-order chi connectivity index (χ1) is 9.89. The van der Waals surface area contributed by atoms with Crippen LogP contribution >= 0.6 is 0 Å². The number of carbonyl (C=O) groups is 1. The second-order valence-electron chi connectivity index (χ2n) is 5.73. The van der Waals surface area contributed by atoms with Gasteiger partial charge in [-0.1, -0.05) is 0 Å². The molecule has 112 valence electrons. The highest BCUT2D eigenvalue weighted by Gasteiger charge is 2.32. The lowest BCUT2D eigenvalue weighted by Gasteiger charge is -2.35. The molecule has 2 aromatic heterocycles. The van der Waals surface area contributed by atoms with E-state index in [1.165, 1.54) is 6.33 Å². The van der Waals surface area contributed by atoms with Gasteiger partial charge in [-0.25, -0.2) is 4.98 Å². The Labute approximate surface area is 120 Å². The molecule has 2 N–H and O–H groups in total. The number of piperidine rings is 1. The number of aliphatic hydroxyl groups is 1. The molecule has 7 nitrogen and oxygen atoms in total. The van der Waals surface area contributed by atoms with Crippen LogP contribution in [0, 0.1) is 6.92 Å². The monoisotopic (exact) mass is 291 g/mol. The van der Waals surface area contributed by atoms with Gasteiger partial charge in [0.1, 0.15) is 11.1 Å². The molecule has 1 aliphatic rings. The lowest BCUT2D eigenvalue weighted by Crippen LogP contribution is -2.45. The first-order valence-electron chi connectivity index (χ1n) is 6.87. The molecule has 1 saturated heterocycles. The number of hydrogen-bond acceptors (Lipinski definition) is 5. The molecule has 1 aliphatic heterocycles. The summed E-state index contributed by atoms with van der Waals surface area (Å²) in [5.74, 6) is 0.136. The molecular formula is C14H17N3O4. The number of fused-ring (bicyclic) bond motifs is 1. The number of furan rings is 1. The second-order valence-corrected chi connectivity index (χ2v) is 5.73. The van der Waals surface area contributed by atoms with E-state index in [4.69, 9.17) is 4.42 Å². The molecule has 3 heterocycles. The molecule has 0 spiro atoms. The van der Waals surface area contributed by atoms with Gasteiger partial charge in [-0.2, -0.15) is 0 Å². The van der Waals surface area contributed by atoms with E-state index in [0.29, 0.717) is 31.7 Å². The van der Waals surface area contributed by atoms with Crippen LogP contribution in [0.25, 0.3) is 11.1 Å². The number of nitrogens with zero attached hydrogens (tertiary/aromatic N) is 2. The van der Waals surface area contributed by atoms with Gasteiger partial charge in [-0.15, -0.1) is 0 Å². The lowest BCUT2D eigenvalue weighted by molar-refractivity contribution is -0.00201. The van der Waals surface area contributed by atoms with Crippen molar-refractivity contribution in [2.24, 2.45) is 0 Å². The van der Waals surface area contributed by atoms with Crippen molar-refractivity contribution in [1.82, 2.24) is 14.9 Å². The largest absolute Gasteiger partial charge is 0.442 e. The van der Waals surface area contributed by atoms with Gasteiger partial charge >= 0.3 is 0 Å². The molecule has 0 bridgehead atoms. The molecule has 1 amide bonds. The van der Waals surface area contributed by atoms with Gasteiger partial charge in [0.05, 0.1) is 17.5 Å². The van der Waals surface area contributed by atoms with Gasteiger partial charge in [0.25, 0.3) is 11.5 Å². The maximum atomic E-state index is 12.7. The number of likely N-dealkylation sites (tertiary alicyclic amines) is 1. The van der Waals surface area contributed by atoms with Crippen LogP contribution in [-0.2, 0) is 0 Å². The van der Waals surface area contributed by atoms with E-state index in [1.807, 2.05) is 0 Å². The van der Waals surface area contributed by atoms with Crippen LogP contribution in [0.4, 0.5) is 0 Å². The van der Waals surface area contributed by atoms with E-state index >= 15 is 0 Å². The number of rotatable bonds is 1. The van der Waals surface area contributed by atoms with Crippen molar-refractivity contribution in [3.63, 3.8) is 0 Å². The van der Waals surface area contributed by atoms with E-state index in [2.05, 4.69) is 9.97 Å². The molecule has 3 rings (SSSR count). The summed E-state index contributed by atoms with van der Waals surface area (Å²) in [5, 5.41) is 10.1. The average molecular weight is 291 g/mol. The quantitative estimate of drug-likeness (QED) is 0.810. The minimum Gasteiger partial charge on any atom is -0.442 e. The summed E-state index contributed by atoms with van der Waals surface area (Å²) in [7, 11) is 0. The van der Waals surface area contributed by atoms with Gasteiger partial charge in [-0.05, 0) is 26.7 Å². The Bertz CT molecular complexity index is 749. The minimum atomic E-state index is -0.733. The smallest absolute Gasteiger partial charge is 0.262 e. The molecule has 0 saturated carbocycles. The van der Waals surface area contributed by atoms with Crippen molar-refractivity contribution in [1.29, 1.82) is 0 Å². The summed E-state index contributed by atoms with van der Waals surface area (Å²) in [6.07, 6.45) is 2.28. The number of hydrogen-bond donors (Lipinski definition) is 2. The summed E-state index contributed by atoms with van der Waals surface area (Å²) in [5.41, 5.74) is -0.683. The molecule has 0 radical (unpaired) electrons. The summed E-state index contributed by atoms with van der Waals surface area (Å²) in [6, 6.07) is 0. The Morgan fingerprint density at radius 1 is 1.48 bits per heavy atom. The van der Waals surface area contributed by atoms with Crippen molar-refractivity contribution in [2.45, 2.75) is 32.3 Å². The van der Waals surface area contributed by atoms with Crippen molar-refractivity contribution in [2.75, 3.05) is 13.1 Å². The Morgan fingerprint density at radius 3 is 2.81 bits per heavy atom. The van der Waals surface area contributed by atoms with Crippen LogP contribution in [0.3, 0.4) is 0 Å². The van der Waals surface area contributed by atoms with Crippen LogP contribution in [-0.4, -0.2) is 44.6 Å². The first kappa shape index (κ1) is 13.8. The van der Waals surface area contributed by atoms with Crippen molar-refractivity contribution >= 4 is 17.0 Å². The fourth-order valence-electron chi connectivity index (χ4n) is 2.66. The summed E-state index contributed by atoms with van der Waals surface area (Å²) in [6.45, 7) is 4.32. The number of carbonyl (C=O) groups excluding carboxylic acids is 1. The van der Waals surface area contributed by atoms with Crippen LogP contribution in [0.2, 0.25) is 0 Å². The highest BCUT2D eigenvalue weighted by molar-refractivity contribution is 6.06. The summed E-state index contributed by atoms with van der Waals surface area (Å²) < 4.78 is 5.40. The Hall–Kier alpha value is -2.15. The van der Waals surface area contributed by atoms with E-state index in [9.17, 15) is 14.7 Å². The lowest BCUT2D eigenvalue weighted by atomic mass is 9.93. The number of H-pyrrole nitrogens is 1. The third-order valence-electron chi connectivity index (χ3n) is 4.01. The molecule has 1 fully saturated rings. The number of nitrogens with one attached hydrogen (secondary N) is 1. The molecule has 7 heteroatoms. The van der Waals surface area contributed by atoms with Crippen molar-refractivity contribution in [3.8, 4) is 0 Å². The fourth-order valence-corrected chi connectivity index (χ4v) is 2.66. The predicted molar refractivity (Wildman–Crippen MR) is 75.1 cm³/mol. The Kier molecular flexibility index (Phi) is 3.09. The van der Waals surface area contributed by atoms with Gasteiger partial charge in [-0.3, -0.25) is 9.59 Å². The van der Waals surface area contributed by atoms with Gasteiger partial charge < -0.3 is 19.4 Å². The Balaban J connectivity index is 1.99. The van der Waals surface area contributed by atoms with Gasteiger partial charge in [0.15, 0.2) is 0 Å². The van der Waals surface area contributed by atoms with Gasteiger partial charge in [0.2, 0.25) is 5.71 Å². The molecular weight excluding hydrogens is 274 g/mol. The zero-order chi connectivity index (χ0) is 15.2. The molecule has 0 unspecified atom stereocenters. The normalized spacial score (nSPS) is 18.1. The zero-order valence-corrected chi connectivity index (χ0v) is 12.0. The van der Waals surface area contributed by atoms with Crippen molar-refractivity contribution < 1.29 is 14.3 Å². The van der Waals surface area contributed by atoms with Crippen LogP contribution in [0.1, 0.15) is 35.9 Å². The minimum absolute atomic E-state index is 0.170. The fraction of sp³-hybridized carbons (Fsp3) is 0.500. The van der Waals surface area contributed by atoms with Crippen LogP contribution in [0.15, 0.2) is 15.5 Å². The molecule has 21 heavy (non-hydrogen) atoms. The Morgan fingerprint density at radius 2 is 2.14 bits per heavy atom. The van der Waals surface area contributed by atoms with E-state index in [0.717, 1.165) is 0 Å². The first-order valence-corrected chi connectivity index (χ1v) is 6.87. The zero-order valence-electron chi connectivity index (χ0n) is 12.0. The number of amides is 1. The van der Waals surface area contributed by atoms with Gasteiger partial charge in [0, 0.05) is 13.1 Å².